The number of halogens is 5. The van der Waals surface area contributed by atoms with Gasteiger partial charge in [0.25, 0.3) is 0 Å². The van der Waals surface area contributed by atoms with Gasteiger partial charge in [-0.25, -0.2) is 22.0 Å². The summed E-state index contributed by atoms with van der Waals surface area (Å²) in [6.45, 7) is 2.67. The Hall–Kier alpha value is -2.11. The molecule has 112 valence electrons. The van der Waals surface area contributed by atoms with Crippen molar-refractivity contribution in [3.8, 4) is 5.75 Å². The average molecular weight is 302 g/mol. The second-order valence-corrected chi connectivity index (χ2v) is 4.56. The molecule has 6 heteroatoms. The van der Waals surface area contributed by atoms with Gasteiger partial charge in [-0.15, -0.1) is 0 Å². The van der Waals surface area contributed by atoms with E-state index in [1.807, 2.05) is 0 Å². The number of aryl methyl sites for hydroxylation is 2. The minimum atomic E-state index is -2.18. The maximum atomic E-state index is 13.5. The van der Waals surface area contributed by atoms with Gasteiger partial charge < -0.3 is 4.74 Å². The van der Waals surface area contributed by atoms with Crippen molar-refractivity contribution in [1.29, 1.82) is 0 Å². The first-order valence-corrected chi connectivity index (χ1v) is 6.04. The second-order valence-electron chi connectivity index (χ2n) is 4.56. The third-order valence-corrected chi connectivity index (χ3v) is 3.07. The molecule has 0 spiro atoms. The van der Waals surface area contributed by atoms with Crippen LogP contribution in [-0.2, 0) is 6.61 Å². The molecule has 0 aliphatic heterocycles. The van der Waals surface area contributed by atoms with E-state index in [2.05, 4.69) is 0 Å². The number of benzene rings is 2. The third-order valence-electron chi connectivity index (χ3n) is 3.07. The predicted octanol–water partition coefficient (Wildman–Crippen LogP) is 4.58. The first-order valence-electron chi connectivity index (χ1n) is 6.04. The lowest BCUT2D eigenvalue weighted by Crippen LogP contribution is -2.10. The normalized spacial score (nSPS) is 10.8. The summed E-state index contributed by atoms with van der Waals surface area (Å²) in [5.41, 5.74) is 0.395. The lowest BCUT2D eigenvalue weighted by Gasteiger charge is -2.13. The molecule has 21 heavy (non-hydrogen) atoms. The first kappa shape index (κ1) is 15.3. The molecule has 0 aromatic heterocycles. The summed E-state index contributed by atoms with van der Waals surface area (Å²) in [4.78, 5) is 0. The summed E-state index contributed by atoms with van der Waals surface area (Å²) < 4.78 is 71.3. The lowest BCUT2D eigenvalue weighted by molar-refractivity contribution is 0.276. The van der Waals surface area contributed by atoms with Crippen molar-refractivity contribution in [3.05, 3.63) is 64.0 Å². The van der Waals surface area contributed by atoms with Gasteiger partial charge >= 0.3 is 0 Å². The molecule has 0 unspecified atom stereocenters. The highest BCUT2D eigenvalue weighted by molar-refractivity contribution is 5.40. The van der Waals surface area contributed by atoms with Gasteiger partial charge in [0.2, 0.25) is 5.82 Å². The zero-order chi connectivity index (χ0) is 15.7. The van der Waals surface area contributed by atoms with Crippen molar-refractivity contribution >= 4 is 0 Å². The van der Waals surface area contributed by atoms with E-state index in [-0.39, 0.29) is 0 Å². The Kier molecular flexibility index (Phi) is 4.16. The Morgan fingerprint density at radius 3 is 1.67 bits per heavy atom. The summed E-state index contributed by atoms with van der Waals surface area (Å²) in [5.74, 6) is -9.54. The molecule has 1 nitrogen and oxygen atoms in total. The van der Waals surface area contributed by atoms with Gasteiger partial charge in [0.1, 0.15) is 12.4 Å². The topological polar surface area (TPSA) is 9.23 Å². The summed E-state index contributed by atoms with van der Waals surface area (Å²) in [5, 5.41) is 0. The molecular formula is C15H11F5O. The maximum absolute atomic E-state index is 13.5. The van der Waals surface area contributed by atoms with Crippen LogP contribution in [-0.4, -0.2) is 0 Å². The van der Waals surface area contributed by atoms with Crippen molar-refractivity contribution in [3.63, 3.8) is 0 Å². The van der Waals surface area contributed by atoms with Crippen LogP contribution in [0, 0.1) is 42.9 Å². The molecule has 0 saturated heterocycles. The molecule has 0 bridgehead atoms. The highest BCUT2D eigenvalue weighted by atomic mass is 19.2. The van der Waals surface area contributed by atoms with Crippen LogP contribution < -0.4 is 4.74 Å². The number of ether oxygens (including phenoxy) is 1. The molecule has 0 radical (unpaired) electrons. The number of hydrogen-bond donors (Lipinski definition) is 0. The Labute approximate surface area is 118 Å². The molecule has 0 saturated carbocycles. The first-order chi connectivity index (χ1) is 9.84. The van der Waals surface area contributed by atoms with Crippen molar-refractivity contribution in [1.82, 2.24) is 0 Å². The van der Waals surface area contributed by atoms with Crippen LogP contribution in [0.1, 0.15) is 16.7 Å². The van der Waals surface area contributed by atoms with Crippen molar-refractivity contribution in [2.24, 2.45) is 0 Å². The molecule has 2 rings (SSSR count). The monoisotopic (exact) mass is 302 g/mol. The van der Waals surface area contributed by atoms with Crippen LogP contribution >= 0.6 is 0 Å². The molecule has 0 aliphatic carbocycles. The molecule has 0 N–H and O–H groups in total. The summed E-state index contributed by atoms with van der Waals surface area (Å²) in [6, 6.07) is 5.18. The summed E-state index contributed by atoms with van der Waals surface area (Å²) in [6.07, 6.45) is 0. The fourth-order valence-corrected chi connectivity index (χ4v) is 1.95. The Morgan fingerprint density at radius 2 is 1.19 bits per heavy atom. The number of hydrogen-bond acceptors (Lipinski definition) is 1. The number of para-hydroxylation sites is 1. The van der Waals surface area contributed by atoms with E-state index in [0.717, 1.165) is 0 Å². The standard InChI is InChI=1S/C15H11F5O/c1-7-4-3-5-8(2)15(7)21-6-9-10(16)12(18)14(20)13(19)11(9)17/h3-5H,6H2,1-2H3. The van der Waals surface area contributed by atoms with E-state index in [1.165, 1.54) is 0 Å². The molecule has 0 heterocycles. The number of rotatable bonds is 3. The zero-order valence-electron chi connectivity index (χ0n) is 11.2. The molecule has 2 aromatic rings. The fraction of sp³-hybridized carbons (Fsp3) is 0.200. The maximum Gasteiger partial charge on any atom is 0.200 e. The summed E-state index contributed by atoms with van der Waals surface area (Å²) in [7, 11) is 0. The molecular weight excluding hydrogens is 291 g/mol. The Bertz CT molecular complexity index is 648. The molecule has 0 aliphatic rings. The molecule has 0 amide bonds. The van der Waals surface area contributed by atoms with Crippen LogP contribution in [0.3, 0.4) is 0 Å². The smallest absolute Gasteiger partial charge is 0.200 e. The minimum absolute atomic E-state index is 0.349. The van der Waals surface area contributed by atoms with E-state index in [9.17, 15) is 22.0 Å². The van der Waals surface area contributed by atoms with E-state index in [1.54, 1.807) is 32.0 Å². The van der Waals surface area contributed by atoms with Gasteiger partial charge in [0, 0.05) is 0 Å². The molecule has 2 aromatic carbocycles. The van der Waals surface area contributed by atoms with Gasteiger partial charge in [-0.2, -0.15) is 0 Å². The predicted molar refractivity (Wildman–Crippen MR) is 66.5 cm³/mol. The van der Waals surface area contributed by atoms with E-state index < -0.39 is 41.3 Å². The highest BCUT2D eigenvalue weighted by Crippen LogP contribution is 2.27. The van der Waals surface area contributed by atoms with E-state index in [0.29, 0.717) is 16.9 Å². The summed E-state index contributed by atoms with van der Waals surface area (Å²) >= 11 is 0. The fourth-order valence-electron chi connectivity index (χ4n) is 1.95. The van der Waals surface area contributed by atoms with Gasteiger partial charge in [-0.1, -0.05) is 18.2 Å². The lowest BCUT2D eigenvalue weighted by atomic mass is 10.1. The Morgan fingerprint density at radius 1 is 0.762 bits per heavy atom. The van der Waals surface area contributed by atoms with Gasteiger partial charge in [-0.3, -0.25) is 0 Å². The van der Waals surface area contributed by atoms with Crippen LogP contribution in [0.5, 0.6) is 5.75 Å². The van der Waals surface area contributed by atoms with Crippen molar-refractivity contribution < 1.29 is 26.7 Å². The Balaban J connectivity index is 2.37. The van der Waals surface area contributed by atoms with E-state index in [4.69, 9.17) is 4.74 Å². The van der Waals surface area contributed by atoms with E-state index >= 15 is 0 Å². The van der Waals surface area contributed by atoms with Gasteiger partial charge in [0.05, 0.1) is 5.56 Å². The highest BCUT2D eigenvalue weighted by Gasteiger charge is 2.26. The SMILES string of the molecule is Cc1cccc(C)c1OCc1c(F)c(F)c(F)c(F)c1F. The zero-order valence-corrected chi connectivity index (χ0v) is 11.2. The van der Waals surface area contributed by atoms with Gasteiger partial charge in [-0.05, 0) is 25.0 Å². The third kappa shape index (κ3) is 2.70. The van der Waals surface area contributed by atoms with Crippen LogP contribution in [0.2, 0.25) is 0 Å². The quantitative estimate of drug-likeness (QED) is 0.458. The largest absolute Gasteiger partial charge is 0.488 e. The van der Waals surface area contributed by atoms with Gasteiger partial charge in [0.15, 0.2) is 23.3 Å². The molecule has 0 atom stereocenters. The van der Waals surface area contributed by atoms with Crippen LogP contribution in [0.25, 0.3) is 0 Å². The van der Waals surface area contributed by atoms with Crippen LogP contribution in [0.4, 0.5) is 22.0 Å². The van der Waals surface area contributed by atoms with Crippen molar-refractivity contribution in [2.75, 3.05) is 0 Å². The minimum Gasteiger partial charge on any atom is -0.488 e. The molecule has 0 fully saturated rings. The van der Waals surface area contributed by atoms with Crippen LogP contribution in [0.15, 0.2) is 18.2 Å². The second kappa shape index (κ2) is 5.71. The van der Waals surface area contributed by atoms with Crippen molar-refractivity contribution in [2.45, 2.75) is 20.5 Å². The average Bonchev–Trinajstić information content (AvgIpc) is 2.45.